The summed E-state index contributed by atoms with van der Waals surface area (Å²) < 4.78 is 31.3. The number of nitrogens with zero attached hydrogens (tertiary/aromatic N) is 2. The second-order valence-corrected chi connectivity index (χ2v) is 11.4. The first-order valence-corrected chi connectivity index (χ1v) is 14.7. The average molecular weight is 573 g/mol. The summed E-state index contributed by atoms with van der Waals surface area (Å²) in [5.74, 6) is 0.0994. The van der Waals surface area contributed by atoms with E-state index < -0.39 is 16.1 Å². The van der Waals surface area contributed by atoms with Gasteiger partial charge in [0.15, 0.2) is 0 Å². The van der Waals surface area contributed by atoms with Crippen LogP contribution in [0.5, 0.6) is 5.75 Å². The maximum absolute atomic E-state index is 13.4. The molecule has 0 bridgehead atoms. The van der Waals surface area contributed by atoms with Crippen LogP contribution < -0.4 is 14.4 Å². The number of ether oxygens (including phenoxy) is 1. The Morgan fingerprint density at radius 3 is 2.30 bits per heavy atom. The van der Waals surface area contributed by atoms with E-state index in [0.29, 0.717) is 40.0 Å². The molecule has 2 rings (SSSR count). The predicted octanol–water partition coefficient (Wildman–Crippen LogP) is 4.88. The predicted molar refractivity (Wildman–Crippen MR) is 149 cm³/mol. The molecule has 8 nitrogen and oxygen atoms in total. The number of anilines is 1. The third-order valence-corrected chi connectivity index (χ3v) is 7.58. The van der Waals surface area contributed by atoms with Crippen molar-refractivity contribution in [2.75, 3.05) is 30.8 Å². The number of hydrogen-bond donors (Lipinski definition) is 1. The molecule has 0 heterocycles. The Morgan fingerprint density at radius 1 is 1.08 bits per heavy atom. The van der Waals surface area contributed by atoms with Gasteiger partial charge in [-0.05, 0) is 61.2 Å². The molecule has 0 radical (unpaired) electrons. The quantitative estimate of drug-likeness (QED) is 0.348. The molecule has 1 atom stereocenters. The highest BCUT2D eigenvalue weighted by atomic mass is 35.5. The second kappa shape index (κ2) is 14.4. The number of halogens is 2. The van der Waals surface area contributed by atoms with Crippen LogP contribution in [-0.4, -0.2) is 57.6 Å². The minimum absolute atomic E-state index is 0.0466. The van der Waals surface area contributed by atoms with Crippen molar-refractivity contribution >= 4 is 50.7 Å². The van der Waals surface area contributed by atoms with Crippen molar-refractivity contribution in [1.29, 1.82) is 0 Å². The maximum Gasteiger partial charge on any atom is 0.242 e. The summed E-state index contributed by atoms with van der Waals surface area (Å²) in [7, 11) is -2.05. The number of rotatable bonds is 14. The molecular formula is C26H35Cl2N3O5S. The van der Waals surface area contributed by atoms with Crippen molar-refractivity contribution in [2.24, 2.45) is 0 Å². The minimum atomic E-state index is -3.59. The van der Waals surface area contributed by atoms with Crippen LogP contribution in [0.15, 0.2) is 42.5 Å². The number of sulfonamides is 1. The largest absolute Gasteiger partial charge is 0.497 e. The Labute approximate surface area is 229 Å². The van der Waals surface area contributed by atoms with Gasteiger partial charge >= 0.3 is 0 Å². The summed E-state index contributed by atoms with van der Waals surface area (Å²) in [6, 6.07) is 11.0. The Hall–Kier alpha value is -2.49. The van der Waals surface area contributed by atoms with E-state index in [4.69, 9.17) is 27.9 Å². The molecule has 0 saturated heterocycles. The number of methoxy groups -OCH3 is 1. The fraction of sp³-hybridized carbons (Fsp3) is 0.462. The van der Waals surface area contributed by atoms with Crippen LogP contribution in [0.1, 0.15) is 45.1 Å². The molecule has 0 saturated carbocycles. The van der Waals surface area contributed by atoms with Gasteiger partial charge in [0.2, 0.25) is 21.8 Å². The number of hydrogen-bond acceptors (Lipinski definition) is 5. The first-order chi connectivity index (χ1) is 17.5. The van der Waals surface area contributed by atoms with Crippen molar-refractivity contribution in [3.63, 3.8) is 0 Å². The first kappa shape index (κ1) is 30.7. The number of nitrogens with one attached hydrogen (secondary N) is 1. The van der Waals surface area contributed by atoms with Crippen molar-refractivity contribution in [3.05, 3.63) is 58.1 Å². The van der Waals surface area contributed by atoms with Gasteiger partial charge in [-0.3, -0.25) is 13.9 Å². The number of amides is 2. The SMILES string of the molecule is CCCNC(=O)[C@H](CC)N(Cc1ccc(Cl)cc1Cl)C(=O)CCCN(c1ccc(OC)cc1)S(C)(=O)=O. The van der Waals surface area contributed by atoms with Crippen LogP contribution in [0.4, 0.5) is 5.69 Å². The zero-order valence-corrected chi connectivity index (χ0v) is 24.0. The van der Waals surface area contributed by atoms with E-state index in [1.807, 2.05) is 13.8 Å². The molecule has 0 spiro atoms. The van der Waals surface area contributed by atoms with Gasteiger partial charge in [0.25, 0.3) is 0 Å². The van der Waals surface area contributed by atoms with Crippen LogP contribution in [0.25, 0.3) is 0 Å². The third-order valence-electron chi connectivity index (χ3n) is 5.80. The van der Waals surface area contributed by atoms with Crippen LogP contribution in [0, 0.1) is 0 Å². The van der Waals surface area contributed by atoms with Crippen molar-refractivity contribution in [2.45, 2.75) is 52.1 Å². The highest BCUT2D eigenvalue weighted by Gasteiger charge is 2.29. The smallest absolute Gasteiger partial charge is 0.242 e. The third kappa shape index (κ3) is 9.09. The van der Waals surface area contributed by atoms with E-state index in [0.717, 1.165) is 12.7 Å². The number of benzene rings is 2. The molecule has 204 valence electrons. The van der Waals surface area contributed by atoms with Crippen molar-refractivity contribution < 1.29 is 22.7 Å². The van der Waals surface area contributed by atoms with E-state index >= 15 is 0 Å². The van der Waals surface area contributed by atoms with Crippen molar-refractivity contribution in [1.82, 2.24) is 10.2 Å². The molecule has 0 unspecified atom stereocenters. The van der Waals surface area contributed by atoms with Crippen molar-refractivity contribution in [3.8, 4) is 5.75 Å². The van der Waals surface area contributed by atoms with Gasteiger partial charge in [-0.1, -0.05) is 43.1 Å². The topological polar surface area (TPSA) is 96.0 Å². The summed E-state index contributed by atoms with van der Waals surface area (Å²) in [6.45, 7) is 4.53. The average Bonchev–Trinajstić information content (AvgIpc) is 2.85. The molecule has 11 heteroatoms. The van der Waals surface area contributed by atoms with Gasteiger partial charge in [-0.2, -0.15) is 0 Å². The molecule has 0 fully saturated rings. The summed E-state index contributed by atoms with van der Waals surface area (Å²) >= 11 is 12.4. The first-order valence-electron chi connectivity index (χ1n) is 12.1. The Morgan fingerprint density at radius 2 is 1.76 bits per heavy atom. The van der Waals surface area contributed by atoms with Gasteiger partial charge in [0.05, 0.1) is 19.1 Å². The fourth-order valence-corrected chi connectivity index (χ4v) is 5.30. The Kier molecular flexibility index (Phi) is 12.0. The lowest BCUT2D eigenvalue weighted by Crippen LogP contribution is -2.49. The fourth-order valence-electron chi connectivity index (χ4n) is 3.87. The van der Waals surface area contributed by atoms with E-state index in [1.54, 1.807) is 42.5 Å². The maximum atomic E-state index is 13.4. The van der Waals surface area contributed by atoms with Crippen LogP contribution in [0.3, 0.4) is 0 Å². The van der Waals surface area contributed by atoms with Crippen LogP contribution in [-0.2, 0) is 26.2 Å². The number of carbonyl (C=O) groups excluding carboxylic acids is 2. The lowest BCUT2D eigenvalue weighted by atomic mass is 10.1. The molecule has 2 amide bonds. The second-order valence-electron chi connectivity index (χ2n) is 8.61. The zero-order chi connectivity index (χ0) is 27.6. The lowest BCUT2D eigenvalue weighted by molar-refractivity contribution is -0.141. The monoisotopic (exact) mass is 571 g/mol. The van der Waals surface area contributed by atoms with Gasteiger partial charge in [-0.15, -0.1) is 0 Å². The van der Waals surface area contributed by atoms with E-state index in [1.165, 1.54) is 16.3 Å². The molecule has 2 aromatic carbocycles. The molecule has 1 N–H and O–H groups in total. The Balaban J connectivity index is 2.23. The normalized spacial score (nSPS) is 12.1. The zero-order valence-electron chi connectivity index (χ0n) is 21.7. The summed E-state index contributed by atoms with van der Waals surface area (Å²) in [5.41, 5.74) is 1.14. The van der Waals surface area contributed by atoms with Gasteiger partial charge < -0.3 is 15.0 Å². The molecule has 2 aromatic rings. The molecule has 0 aromatic heterocycles. The van der Waals surface area contributed by atoms with Crippen LogP contribution >= 0.6 is 23.2 Å². The Bertz CT molecular complexity index is 1160. The lowest BCUT2D eigenvalue weighted by Gasteiger charge is -2.31. The van der Waals surface area contributed by atoms with E-state index in [2.05, 4.69) is 5.32 Å². The molecule has 0 aliphatic heterocycles. The summed E-state index contributed by atoms with van der Waals surface area (Å²) in [5, 5.41) is 3.74. The van der Waals surface area contributed by atoms with Gasteiger partial charge in [-0.25, -0.2) is 8.42 Å². The van der Waals surface area contributed by atoms with Crippen LogP contribution in [0.2, 0.25) is 10.0 Å². The molecular weight excluding hydrogens is 537 g/mol. The van der Waals surface area contributed by atoms with Gasteiger partial charge in [0, 0.05) is 36.1 Å². The number of carbonyl (C=O) groups is 2. The molecule has 0 aliphatic carbocycles. The summed E-state index contributed by atoms with van der Waals surface area (Å²) in [4.78, 5) is 27.9. The molecule has 0 aliphatic rings. The van der Waals surface area contributed by atoms with Gasteiger partial charge in [0.1, 0.15) is 11.8 Å². The standard InChI is InChI=1S/C26H35Cl2N3O5S/c1-5-15-29-26(33)24(6-2)30(18-19-9-10-20(27)17-23(19)28)25(32)8-7-16-31(37(4,34)35)21-11-13-22(36-3)14-12-21/h9-14,17,24H,5-8,15-16,18H2,1-4H3,(H,29,33)/t24-/m0/s1. The minimum Gasteiger partial charge on any atom is -0.497 e. The highest BCUT2D eigenvalue weighted by molar-refractivity contribution is 7.92. The van der Waals surface area contributed by atoms with E-state index in [9.17, 15) is 18.0 Å². The summed E-state index contributed by atoms with van der Waals surface area (Å²) in [6.07, 6.45) is 2.61. The molecule has 37 heavy (non-hydrogen) atoms. The van der Waals surface area contributed by atoms with E-state index in [-0.39, 0.29) is 37.7 Å². The highest BCUT2D eigenvalue weighted by Crippen LogP contribution is 2.25.